The lowest BCUT2D eigenvalue weighted by atomic mass is 10.1. The summed E-state index contributed by atoms with van der Waals surface area (Å²) in [5.74, 6) is 0. The van der Waals surface area contributed by atoms with Gasteiger partial charge in [-0.2, -0.15) is 0 Å². The number of aromatic nitrogens is 2. The molecule has 3 rings (SSSR count). The number of hydrogen-bond acceptors (Lipinski definition) is 3. The Labute approximate surface area is 126 Å². The standard InChI is InChI=1S/C14H18BrN3S/c1-10(14-11(15)5-8-19-14)17-12-3-2-4-13(12)18-7-6-16-9-18/h5-10,12-13,17H,2-4H2,1H3. The molecule has 1 N–H and O–H groups in total. The molecule has 5 heteroatoms. The van der Waals surface area contributed by atoms with Crippen molar-refractivity contribution < 1.29 is 0 Å². The Morgan fingerprint density at radius 1 is 1.53 bits per heavy atom. The quantitative estimate of drug-likeness (QED) is 0.906. The van der Waals surface area contributed by atoms with Crippen molar-refractivity contribution in [2.24, 2.45) is 0 Å². The Hall–Kier alpha value is -0.650. The van der Waals surface area contributed by atoms with E-state index in [0.29, 0.717) is 18.1 Å². The minimum absolute atomic E-state index is 0.392. The molecule has 2 aromatic heterocycles. The minimum Gasteiger partial charge on any atom is -0.333 e. The van der Waals surface area contributed by atoms with Gasteiger partial charge in [0.2, 0.25) is 0 Å². The van der Waals surface area contributed by atoms with Gasteiger partial charge in [0, 0.05) is 39.9 Å². The molecule has 2 aromatic rings. The summed E-state index contributed by atoms with van der Waals surface area (Å²) < 4.78 is 3.47. The van der Waals surface area contributed by atoms with Crippen molar-refractivity contribution in [1.29, 1.82) is 0 Å². The lowest BCUT2D eigenvalue weighted by Crippen LogP contribution is -2.35. The van der Waals surface area contributed by atoms with Gasteiger partial charge in [-0.05, 0) is 53.6 Å². The van der Waals surface area contributed by atoms with Crippen molar-refractivity contribution in [3.8, 4) is 0 Å². The zero-order chi connectivity index (χ0) is 13.2. The highest BCUT2D eigenvalue weighted by Crippen LogP contribution is 2.34. The average Bonchev–Trinajstić information content (AvgIpc) is 3.07. The molecule has 0 spiro atoms. The fraction of sp³-hybridized carbons (Fsp3) is 0.500. The van der Waals surface area contributed by atoms with Gasteiger partial charge in [0.15, 0.2) is 0 Å². The van der Waals surface area contributed by atoms with Crippen molar-refractivity contribution in [3.63, 3.8) is 0 Å². The number of nitrogens with zero attached hydrogens (tertiary/aromatic N) is 2. The molecule has 1 fully saturated rings. The Morgan fingerprint density at radius 3 is 3.11 bits per heavy atom. The number of rotatable bonds is 4. The summed E-state index contributed by atoms with van der Waals surface area (Å²) >= 11 is 5.44. The highest BCUT2D eigenvalue weighted by molar-refractivity contribution is 9.10. The maximum atomic E-state index is 4.17. The van der Waals surface area contributed by atoms with Gasteiger partial charge >= 0.3 is 0 Å². The van der Waals surface area contributed by atoms with Crippen molar-refractivity contribution >= 4 is 27.3 Å². The molecule has 2 heterocycles. The van der Waals surface area contributed by atoms with Crippen LogP contribution >= 0.6 is 27.3 Å². The number of thiophene rings is 1. The van der Waals surface area contributed by atoms with E-state index in [4.69, 9.17) is 0 Å². The number of hydrogen-bond donors (Lipinski definition) is 1. The molecule has 3 atom stereocenters. The Bertz CT molecular complexity index is 523. The number of halogens is 1. The van der Waals surface area contributed by atoms with Crippen molar-refractivity contribution in [2.75, 3.05) is 0 Å². The SMILES string of the molecule is CC(NC1CCCC1n1ccnc1)c1sccc1Br. The first-order valence-corrected chi connectivity index (χ1v) is 8.39. The monoisotopic (exact) mass is 339 g/mol. The van der Waals surface area contributed by atoms with E-state index >= 15 is 0 Å². The van der Waals surface area contributed by atoms with E-state index in [0.717, 1.165) is 0 Å². The normalized spacial score (nSPS) is 24.7. The van der Waals surface area contributed by atoms with Crippen LogP contribution in [0.5, 0.6) is 0 Å². The molecule has 0 aliphatic heterocycles. The molecule has 0 aromatic carbocycles. The third-order valence-corrected chi connectivity index (χ3v) is 5.94. The highest BCUT2D eigenvalue weighted by Gasteiger charge is 2.29. The maximum Gasteiger partial charge on any atom is 0.0949 e. The van der Waals surface area contributed by atoms with Gasteiger partial charge in [-0.3, -0.25) is 0 Å². The van der Waals surface area contributed by atoms with Crippen LogP contribution in [0.25, 0.3) is 0 Å². The van der Waals surface area contributed by atoms with E-state index in [2.05, 4.69) is 55.4 Å². The van der Waals surface area contributed by atoms with Crippen LogP contribution in [0.4, 0.5) is 0 Å². The molecule has 3 unspecified atom stereocenters. The smallest absolute Gasteiger partial charge is 0.0949 e. The van der Waals surface area contributed by atoms with Crippen LogP contribution in [0.15, 0.2) is 34.6 Å². The van der Waals surface area contributed by atoms with Gasteiger partial charge in [0.05, 0.1) is 6.33 Å². The first-order valence-electron chi connectivity index (χ1n) is 6.72. The number of imidazole rings is 1. The van der Waals surface area contributed by atoms with Crippen LogP contribution in [-0.2, 0) is 0 Å². The summed E-state index contributed by atoms with van der Waals surface area (Å²) in [5.41, 5.74) is 0. The Morgan fingerprint density at radius 2 is 2.42 bits per heavy atom. The maximum absolute atomic E-state index is 4.17. The van der Waals surface area contributed by atoms with E-state index in [1.165, 1.54) is 28.6 Å². The lowest BCUT2D eigenvalue weighted by Gasteiger charge is -2.25. The topological polar surface area (TPSA) is 29.9 Å². The molecule has 0 amide bonds. The van der Waals surface area contributed by atoms with Gasteiger partial charge in [0.1, 0.15) is 0 Å². The molecular weight excluding hydrogens is 322 g/mol. The second-order valence-electron chi connectivity index (χ2n) is 5.14. The summed E-state index contributed by atoms with van der Waals surface area (Å²) in [6, 6.07) is 3.60. The van der Waals surface area contributed by atoms with E-state index in [1.807, 2.05) is 23.9 Å². The molecule has 102 valence electrons. The fourth-order valence-electron chi connectivity index (χ4n) is 2.97. The zero-order valence-corrected chi connectivity index (χ0v) is 13.3. The third kappa shape index (κ3) is 2.78. The molecule has 1 aliphatic carbocycles. The molecule has 1 saturated carbocycles. The second-order valence-corrected chi connectivity index (χ2v) is 6.94. The molecule has 0 radical (unpaired) electrons. The summed E-state index contributed by atoms with van der Waals surface area (Å²) in [7, 11) is 0. The number of nitrogens with one attached hydrogen (secondary N) is 1. The summed E-state index contributed by atoms with van der Waals surface area (Å²) in [4.78, 5) is 5.56. The van der Waals surface area contributed by atoms with Gasteiger partial charge in [0.25, 0.3) is 0 Å². The average molecular weight is 340 g/mol. The molecule has 0 saturated heterocycles. The molecule has 1 aliphatic rings. The third-order valence-electron chi connectivity index (χ3n) is 3.89. The van der Waals surface area contributed by atoms with Crippen molar-refractivity contribution in [1.82, 2.24) is 14.9 Å². The van der Waals surface area contributed by atoms with Crippen LogP contribution in [0.1, 0.15) is 43.1 Å². The van der Waals surface area contributed by atoms with E-state index in [-0.39, 0.29) is 0 Å². The molecule has 0 bridgehead atoms. The van der Waals surface area contributed by atoms with Crippen LogP contribution in [0, 0.1) is 0 Å². The summed E-state index contributed by atoms with van der Waals surface area (Å²) in [6.07, 6.45) is 9.67. The first kappa shape index (κ1) is 13.3. The van der Waals surface area contributed by atoms with Crippen molar-refractivity contribution in [3.05, 3.63) is 39.5 Å². The van der Waals surface area contributed by atoms with Crippen LogP contribution in [-0.4, -0.2) is 15.6 Å². The van der Waals surface area contributed by atoms with Crippen LogP contribution in [0.3, 0.4) is 0 Å². The van der Waals surface area contributed by atoms with Gasteiger partial charge in [-0.25, -0.2) is 4.98 Å². The predicted molar refractivity (Wildman–Crippen MR) is 82.5 cm³/mol. The largest absolute Gasteiger partial charge is 0.333 e. The van der Waals surface area contributed by atoms with E-state index in [9.17, 15) is 0 Å². The van der Waals surface area contributed by atoms with Crippen LogP contribution in [0.2, 0.25) is 0 Å². The molecule has 19 heavy (non-hydrogen) atoms. The van der Waals surface area contributed by atoms with E-state index in [1.54, 1.807) is 0 Å². The summed E-state index contributed by atoms with van der Waals surface area (Å²) in [5, 5.41) is 5.93. The minimum atomic E-state index is 0.392. The van der Waals surface area contributed by atoms with E-state index < -0.39 is 0 Å². The van der Waals surface area contributed by atoms with Gasteiger partial charge in [-0.15, -0.1) is 11.3 Å². The highest BCUT2D eigenvalue weighted by atomic mass is 79.9. The summed E-state index contributed by atoms with van der Waals surface area (Å²) in [6.45, 7) is 2.25. The first-order chi connectivity index (χ1) is 9.25. The van der Waals surface area contributed by atoms with Crippen molar-refractivity contribution in [2.45, 2.75) is 44.3 Å². The lowest BCUT2D eigenvalue weighted by molar-refractivity contribution is 0.364. The predicted octanol–water partition coefficient (Wildman–Crippen LogP) is 4.15. The van der Waals surface area contributed by atoms with Crippen LogP contribution < -0.4 is 5.32 Å². The zero-order valence-electron chi connectivity index (χ0n) is 10.9. The van der Waals surface area contributed by atoms with Gasteiger partial charge in [-0.1, -0.05) is 0 Å². The fourth-order valence-corrected chi connectivity index (χ4v) is 4.70. The Balaban J connectivity index is 1.71. The van der Waals surface area contributed by atoms with Gasteiger partial charge < -0.3 is 9.88 Å². The Kier molecular flexibility index (Phi) is 4.05. The molecular formula is C14H18BrN3S. The molecule has 3 nitrogen and oxygen atoms in total. The second kappa shape index (κ2) is 5.77.